The lowest BCUT2D eigenvalue weighted by Crippen LogP contribution is -2.38. The summed E-state index contributed by atoms with van der Waals surface area (Å²) in [6.45, 7) is 2.64. The smallest absolute Gasteiger partial charge is 0.244 e. The van der Waals surface area contributed by atoms with Gasteiger partial charge in [0.15, 0.2) is 11.5 Å². The van der Waals surface area contributed by atoms with E-state index in [0.29, 0.717) is 24.0 Å². The summed E-state index contributed by atoms with van der Waals surface area (Å²) < 4.78 is 10.5. The van der Waals surface area contributed by atoms with E-state index in [0.717, 1.165) is 37.3 Å². The summed E-state index contributed by atoms with van der Waals surface area (Å²) in [5, 5.41) is 3.01. The molecule has 2 heterocycles. The highest BCUT2D eigenvalue weighted by Crippen LogP contribution is 2.28. The SMILES string of the molecule is COc1ccc(/C=C/C(=O)NCC2CCN(c3ccccn3)CC2)cc1OC. The lowest BCUT2D eigenvalue weighted by atomic mass is 9.97. The Morgan fingerprint density at radius 2 is 1.96 bits per heavy atom. The van der Waals surface area contributed by atoms with Gasteiger partial charge in [0.2, 0.25) is 5.91 Å². The molecule has 6 nitrogen and oxygen atoms in total. The van der Waals surface area contributed by atoms with E-state index in [9.17, 15) is 4.79 Å². The molecule has 1 amide bonds. The standard InChI is InChI=1S/C22H27N3O3/c1-27-19-8-6-17(15-20(19)28-2)7-9-22(26)24-16-18-10-13-25(14-11-18)21-5-3-4-12-23-21/h3-9,12,15,18H,10-11,13-14,16H2,1-2H3,(H,24,26)/b9-7+. The maximum atomic E-state index is 12.1. The number of methoxy groups -OCH3 is 2. The van der Waals surface area contributed by atoms with Crippen molar-refractivity contribution in [1.29, 1.82) is 0 Å². The van der Waals surface area contributed by atoms with Crippen LogP contribution in [0.1, 0.15) is 18.4 Å². The number of carbonyl (C=O) groups is 1. The van der Waals surface area contributed by atoms with Gasteiger partial charge in [-0.25, -0.2) is 4.98 Å². The molecule has 1 aromatic carbocycles. The highest BCUT2D eigenvalue weighted by atomic mass is 16.5. The van der Waals surface area contributed by atoms with Gasteiger partial charge in [-0.2, -0.15) is 0 Å². The Morgan fingerprint density at radius 1 is 1.18 bits per heavy atom. The quantitative estimate of drug-likeness (QED) is 0.747. The van der Waals surface area contributed by atoms with E-state index in [1.54, 1.807) is 26.4 Å². The van der Waals surface area contributed by atoms with Crippen LogP contribution >= 0.6 is 0 Å². The van der Waals surface area contributed by atoms with Crippen LogP contribution in [0.5, 0.6) is 11.5 Å². The topological polar surface area (TPSA) is 63.7 Å². The normalized spacial score (nSPS) is 14.9. The molecule has 0 spiro atoms. The first-order chi connectivity index (χ1) is 13.7. The van der Waals surface area contributed by atoms with Gasteiger partial charge in [0, 0.05) is 31.9 Å². The van der Waals surface area contributed by atoms with E-state index in [4.69, 9.17) is 9.47 Å². The first-order valence-corrected chi connectivity index (χ1v) is 9.53. The van der Waals surface area contributed by atoms with Gasteiger partial charge in [-0.1, -0.05) is 12.1 Å². The van der Waals surface area contributed by atoms with Gasteiger partial charge >= 0.3 is 0 Å². The number of nitrogens with one attached hydrogen (secondary N) is 1. The molecule has 0 atom stereocenters. The number of carbonyl (C=O) groups excluding carboxylic acids is 1. The lowest BCUT2D eigenvalue weighted by Gasteiger charge is -2.32. The van der Waals surface area contributed by atoms with Crippen molar-refractivity contribution in [3.05, 3.63) is 54.2 Å². The van der Waals surface area contributed by atoms with Gasteiger partial charge < -0.3 is 19.7 Å². The Bertz CT molecular complexity index is 800. The third-order valence-electron chi connectivity index (χ3n) is 4.99. The van der Waals surface area contributed by atoms with Crippen LogP contribution in [0.3, 0.4) is 0 Å². The third-order valence-corrected chi connectivity index (χ3v) is 4.99. The molecule has 3 rings (SSSR count). The first kappa shape index (κ1) is 19.7. The van der Waals surface area contributed by atoms with E-state index in [2.05, 4.69) is 15.2 Å². The molecule has 148 valence electrons. The van der Waals surface area contributed by atoms with Crippen LogP contribution in [-0.2, 0) is 4.79 Å². The minimum absolute atomic E-state index is 0.0815. The number of nitrogens with zero attached hydrogens (tertiary/aromatic N) is 2. The third kappa shape index (κ3) is 5.25. The molecule has 28 heavy (non-hydrogen) atoms. The van der Waals surface area contributed by atoms with Crippen LogP contribution in [-0.4, -0.2) is 44.7 Å². The molecule has 1 saturated heterocycles. The Balaban J connectivity index is 1.44. The maximum absolute atomic E-state index is 12.1. The number of hydrogen-bond acceptors (Lipinski definition) is 5. The van der Waals surface area contributed by atoms with Crippen LogP contribution in [0.25, 0.3) is 6.08 Å². The summed E-state index contributed by atoms with van der Waals surface area (Å²) in [5.41, 5.74) is 0.886. The molecular formula is C22H27N3O3. The summed E-state index contributed by atoms with van der Waals surface area (Å²) >= 11 is 0. The second-order valence-electron chi connectivity index (χ2n) is 6.81. The molecule has 1 aliphatic rings. The number of piperidine rings is 1. The molecule has 0 aliphatic carbocycles. The predicted octanol–water partition coefficient (Wildman–Crippen LogP) is 3.14. The number of anilines is 1. The second kappa shape index (κ2) is 9.78. The highest BCUT2D eigenvalue weighted by Gasteiger charge is 2.20. The number of aromatic nitrogens is 1. The van der Waals surface area contributed by atoms with Crippen molar-refractivity contribution in [3.63, 3.8) is 0 Å². The summed E-state index contributed by atoms with van der Waals surface area (Å²) in [6.07, 6.45) is 7.27. The van der Waals surface area contributed by atoms with E-state index in [1.807, 2.05) is 42.6 Å². The minimum Gasteiger partial charge on any atom is -0.493 e. The van der Waals surface area contributed by atoms with Gasteiger partial charge in [0.1, 0.15) is 5.82 Å². The maximum Gasteiger partial charge on any atom is 0.244 e. The van der Waals surface area contributed by atoms with Crippen LogP contribution < -0.4 is 19.7 Å². The van der Waals surface area contributed by atoms with Crippen molar-refractivity contribution in [3.8, 4) is 11.5 Å². The Labute approximate surface area is 166 Å². The molecule has 6 heteroatoms. The zero-order chi connectivity index (χ0) is 19.8. The van der Waals surface area contributed by atoms with Gasteiger partial charge in [0.25, 0.3) is 0 Å². The second-order valence-corrected chi connectivity index (χ2v) is 6.81. The number of pyridine rings is 1. The fraction of sp³-hybridized carbons (Fsp3) is 0.364. The number of hydrogen-bond donors (Lipinski definition) is 1. The van der Waals surface area contributed by atoms with Gasteiger partial charge in [0.05, 0.1) is 14.2 Å². The Kier molecular flexibility index (Phi) is 6.89. The number of amides is 1. The summed E-state index contributed by atoms with van der Waals surface area (Å²) in [6, 6.07) is 11.5. The van der Waals surface area contributed by atoms with Crippen molar-refractivity contribution >= 4 is 17.8 Å². The number of rotatable bonds is 7. The van der Waals surface area contributed by atoms with E-state index < -0.39 is 0 Å². The van der Waals surface area contributed by atoms with E-state index >= 15 is 0 Å². The summed E-state index contributed by atoms with van der Waals surface area (Å²) in [5.74, 6) is 2.76. The average Bonchev–Trinajstić information content (AvgIpc) is 2.77. The Hall–Kier alpha value is -3.02. The molecule has 0 saturated carbocycles. The van der Waals surface area contributed by atoms with Crippen molar-refractivity contribution in [2.45, 2.75) is 12.8 Å². The minimum atomic E-state index is -0.0815. The molecular weight excluding hydrogens is 354 g/mol. The Morgan fingerprint density at radius 3 is 2.64 bits per heavy atom. The van der Waals surface area contributed by atoms with Gasteiger partial charge in [-0.3, -0.25) is 4.79 Å². The van der Waals surface area contributed by atoms with E-state index in [-0.39, 0.29) is 5.91 Å². The van der Waals surface area contributed by atoms with Crippen molar-refractivity contribution in [2.24, 2.45) is 5.92 Å². The highest BCUT2D eigenvalue weighted by molar-refractivity contribution is 5.91. The molecule has 1 aliphatic heterocycles. The van der Waals surface area contributed by atoms with Crippen LogP contribution in [0.15, 0.2) is 48.7 Å². The van der Waals surface area contributed by atoms with Crippen LogP contribution in [0.2, 0.25) is 0 Å². The lowest BCUT2D eigenvalue weighted by molar-refractivity contribution is -0.116. The fourth-order valence-corrected chi connectivity index (χ4v) is 3.34. The molecule has 1 N–H and O–H groups in total. The molecule has 0 radical (unpaired) electrons. The predicted molar refractivity (Wildman–Crippen MR) is 111 cm³/mol. The molecule has 1 fully saturated rings. The van der Waals surface area contributed by atoms with Gasteiger partial charge in [-0.05, 0) is 54.7 Å². The van der Waals surface area contributed by atoms with Crippen molar-refractivity contribution in [2.75, 3.05) is 38.8 Å². The van der Waals surface area contributed by atoms with Crippen molar-refractivity contribution in [1.82, 2.24) is 10.3 Å². The molecule has 1 aromatic heterocycles. The van der Waals surface area contributed by atoms with E-state index in [1.165, 1.54) is 0 Å². The van der Waals surface area contributed by atoms with Crippen LogP contribution in [0, 0.1) is 5.92 Å². The molecule has 0 unspecified atom stereocenters. The summed E-state index contributed by atoms with van der Waals surface area (Å²) in [7, 11) is 3.19. The molecule has 2 aromatic rings. The van der Waals surface area contributed by atoms with Gasteiger partial charge in [-0.15, -0.1) is 0 Å². The first-order valence-electron chi connectivity index (χ1n) is 9.53. The summed E-state index contributed by atoms with van der Waals surface area (Å²) in [4.78, 5) is 18.9. The fourth-order valence-electron chi connectivity index (χ4n) is 3.34. The average molecular weight is 381 g/mol. The largest absolute Gasteiger partial charge is 0.493 e. The zero-order valence-corrected chi connectivity index (χ0v) is 16.4. The molecule has 0 bridgehead atoms. The van der Waals surface area contributed by atoms with Crippen molar-refractivity contribution < 1.29 is 14.3 Å². The monoisotopic (exact) mass is 381 g/mol. The number of benzene rings is 1. The zero-order valence-electron chi connectivity index (χ0n) is 16.4. The number of ether oxygens (including phenoxy) is 2. The van der Waals surface area contributed by atoms with Crippen LogP contribution in [0.4, 0.5) is 5.82 Å².